The van der Waals surface area contributed by atoms with Crippen molar-refractivity contribution >= 4 is 11.8 Å². The van der Waals surface area contributed by atoms with Gasteiger partial charge in [0, 0.05) is 19.2 Å². The van der Waals surface area contributed by atoms with Crippen LogP contribution in [0.4, 0.5) is 0 Å². The molecule has 3 heterocycles. The second-order valence-electron chi connectivity index (χ2n) is 16.9. The first-order chi connectivity index (χ1) is 22.5. The maximum atomic E-state index is 14.6. The van der Waals surface area contributed by atoms with Gasteiger partial charge in [-0.2, -0.15) is 0 Å². The van der Waals surface area contributed by atoms with E-state index in [1.165, 1.54) is 6.42 Å². The molecular weight excluding hydrogens is 592 g/mol. The highest BCUT2D eigenvalue weighted by molar-refractivity contribution is 6.00. The third-order valence-electron chi connectivity index (χ3n) is 14.9. The minimum absolute atomic E-state index is 0.0245. The van der Waals surface area contributed by atoms with Crippen LogP contribution in [0.1, 0.15) is 78.1 Å². The number of carbonyl (C=O) groups excluding carboxylic acids is 2. The summed E-state index contributed by atoms with van der Waals surface area (Å²) in [5, 5.41) is 40.3. The molecule has 8 aliphatic rings. The van der Waals surface area contributed by atoms with Gasteiger partial charge in [0.2, 0.25) is 5.91 Å². The number of allylic oxidation sites excluding steroid dienone is 2. The smallest absolute Gasteiger partial charge is 0.256 e. The molecule has 0 aromatic heterocycles. The van der Waals surface area contributed by atoms with Gasteiger partial charge in [-0.1, -0.05) is 38.2 Å². The predicted octanol–water partition coefficient (Wildman–Crippen LogP) is 3.79. The number of nitrogens with one attached hydrogen (secondary N) is 1. The van der Waals surface area contributed by atoms with Gasteiger partial charge in [-0.05, 0) is 104 Å². The van der Waals surface area contributed by atoms with Gasteiger partial charge in [0.1, 0.15) is 18.2 Å². The molecule has 4 saturated carbocycles. The average molecular weight is 647 g/mol. The van der Waals surface area contributed by atoms with Crippen LogP contribution in [0.5, 0.6) is 0 Å². The summed E-state index contributed by atoms with van der Waals surface area (Å²) in [6, 6.07) is -0.800. The molecule has 3 N–H and O–H groups in total. The Morgan fingerprint density at radius 1 is 0.979 bits per heavy atom. The fourth-order valence-electron chi connectivity index (χ4n) is 12.1. The van der Waals surface area contributed by atoms with Crippen molar-refractivity contribution in [1.82, 2.24) is 15.1 Å². The Bertz CT molecular complexity index is 1410. The fourth-order valence-corrected chi connectivity index (χ4v) is 12.1. The van der Waals surface area contributed by atoms with Crippen molar-refractivity contribution < 1.29 is 24.4 Å². The summed E-state index contributed by atoms with van der Waals surface area (Å²) in [7, 11) is 0. The van der Waals surface area contributed by atoms with Crippen molar-refractivity contribution in [3.63, 3.8) is 0 Å². The number of aliphatic hydroxyl groups is 2. The van der Waals surface area contributed by atoms with Crippen molar-refractivity contribution in [2.24, 2.45) is 34.5 Å². The lowest BCUT2D eigenvalue weighted by molar-refractivity contribution is -0.915. The lowest BCUT2D eigenvalue weighted by Gasteiger charge is -2.64. The van der Waals surface area contributed by atoms with E-state index >= 15 is 0 Å². The van der Waals surface area contributed by atoms with Gasteiger partial charge in [-0.25, -0.2) is 0 Å². The average Bonchev–Trinajstić information content (AvgIpc) is 3.68. The van der Waals surface area contributed by atoms with E-state index in [-0.39, 0.29) is 53.9 Å². The summed E-state index contributed by atoms with van der Waals surface area (Å²) in [6.45, 7) is 6.60. The molecule has 0 aromatic carbocycles. The van der Waals surface area contributed by atoms with Gasteiger partial charge < -0.3 is 35.2 Å². The Kier molecular flexibility index (Phi) is 7.82. The zero-order valence-electron chi connectivity index (χ0n) is 28.2. The molecule has 2 saturated heterocycles. The third kappa shape index (κ3) is 5.00. The number of aliphatic hydroxyl groups excluding tert-OH is 2. The Morgan fingerprint density at radius 2 is 1.77 bits per heavy atom. The Balaban J connectivity index is 0.931. The van der Waals surface area contributed by atoms with Crippen LogP contribution in [0, 0.1) is 39.7 Å². The van der Waals surface area contributed by atoms with Gasteiger partial charge in [-0.3, -0.25) is 9.59 Å². The van der Waals surface area contributed by atoms with Crippen LogP contribution in [0.2, 0.25) is 0 Å². The van der Waals surface area contributed by atoms with Gasteiger partial charge >= 0.3 is 0 Å². The molecule has 0 bridgehead atoms. The van der Waals surface area contributed by atoms with E-state index in [0.29, 0.717) is 61.7 Å². The molecular formula is C38H54N4O5. The van der Waals surface area contributed by atoms with Crippen LogP contribution in [-0.4, -0.2) is 99.5 Å². The largest absolute Gasteiger partial charge is 0.632 e. The number of likely N-dealkylation sites (tertiary alicyclic amines) is 1. The Hall–Kier alpha value is -2.46. The molecule has 0 spiro atoms. The number of hydrogen-bond donors (Lipinski definition) is 3. The summed E-state index contributed by atoms with van der Waals surface area (Å²) >= 11 is 0. The molecule has 1 unspecified atom stereocenters. The minimum Gasteiger partial charge on any atom is -0.632 e. The molecule has 6 fully saturated rings. The van der Waals surface area contributed by atoms with Crippen molar-refractivity contribution in [2.45, 2.75) is 108 Å². The standard InChI is InChI=1S/C38H54N4O5/c1-37-14-13-29-27(28(37)11-12-34(37)44)10-9-26-21-33(43)32(22-38(26,29)2)42(47)18-16-40(17-19-42)36(46)31-8-5-15-41(31)35(45)25-20-24-6-3-4-7-30(24)39-23-25/h3-4,6-7,20,23,26-34,39,43-44H,5,8-19,21-22H2,1-2H3/t26-,27-,28-,29-,30?,31-,32-,33-,34-,37-,38-/m0/s1. The lowest BCUT2D eigenvalue weighted by atomic mass is 9.44. The van der Waals surface area contributed by atoms with Crippen LogP contribution in [0.25, 0.3) is 0 Å². The fraction of sp³-hybridized carbons (Fsp3) is 0.737. The molecule has 9 nitrogen and oxygen atoms in total. The highest BCUT2D eigenvalue weighted by atomic mass is 16.6. The SMILES string of the molecule is C[C@]12C[C@H]([N+]3([O-])CCN(C(=O)[C@@H]4CCCN4C(=O)C4=CNC5C=CC=CC5=C4)CC3)[C@@H](O)C[C@@H]1CC[C@@H]1[C@@H]2CC[C@]2(C)[C@@H](O)CC[C@@H]12. The van der Waals surface area contributed by atoms with Gasteiger partial charge in [0.05, 0.1) is 43.9 Å². The number of nitrogens with zero attached hydrogens (tertiary/aromatic N) is 3. The number of rotatable bonds is 3. The highest BCUT2D eigenvalue weighted by Gasteiger charge is 2.62. The van der Waals surface area contributed by atoms with Gasteiger partial charge in [0.15, 0.2) is 0 Å². The number of piperazine rings is 1. The predicted molar refractivity (Wildman–Crippen MR) is 179 cm³/mol. The summed E-state index contributed by atoms with van der Waals surface area (Å²) < 4.78 is -0.424. The zero-order chi connectivity index (χ0) is 32.7. The molecule has 11 atom stereocenters. The van der Waals surface area contributed by atoms with Crippen molar-refractivity contribution in [1.29, 1.82) is 0 Å². The maximum Gasteiger partial charge on any atom is 0.256 e. The van der Waals surface area contributed by atoms with Crippen molar-refractivity contribution in [2.75, 3.05) is 32.7 Å². The molecule has 256 valence electrons. The van der Waals surface area contributed by atoms with Crippen LogP contribution < -0.4 is 5.32 Å². The van der Waals surface area contributed by atoms with E-state index in [0.717, 1.165) is 50.5 Å². The second kappa shape index (κ2) is 11.6. The molecule has 5 aliphatic carbocycles. The topological polar surface area (TPSA) is 116 Å². The molecule has 0 radical (unpaired) electrons. The molecule has 0 aromatic rings. The summed E-state index contributed by atoms with van der Waals surface area (Å²) in [6.07, 6.45) is 20.3. The van der Waals surface area contributed by atoms with Crippen molar-refractivity contribution in [3.05, 3.63) is 52.9 Å². The van der Waals surface area contributed by atoms with E-state index in [1.807, 2.05) is 29.2 Å². The van der Waals surface area contributed by atoms with Crippen LogP contribution in [0.15, 0.2) is 47.7 Å². The van der Waals surface area contributed by atoms with Gasteiger partial charge in [-0.15, -0.1) is 0 Å². The summed E-state index contributed by atoms with van der Waals surface area (Å²) in [5.74, 6) is 1.97. The molecule has 3 aliphatic heterocycles. The number of hydrogen-bond acceptors (Lipinski definition) is 6. The number of fused-ring (bicyclic) bond motifs is 6. The zero-order valence-corrected chi connectivity index (χ0v) is 28.2. The highest BCUT2D eigenvalue weighted by Crippen LogP contribution is 2.66. The molecule has 8 rings (SSSR count). The van der Waals surface area contributed by atoms with E-state index in [4.69, 9.17) is 0 Å². The van der Waals surface area contributed by atoms with Crippen molar-refractivity contribution in [3.8, 4) is 0 Å². The quantitative estimate of drug-likeness (QED) is 0.318. The number of carbonyl (C=O) groups is 2. The molecule has 2 amide bonds. The van der Waals surface area contributed by atoms with E-state index in [2.05, 4.69) is 25.2 Å². The first-order valence-electron chi connectivity index (χ1n) is 18.6. The first kappa shape index (κ1) is 31.8. The first-order valence-corrected chi connectivity index (χ1v) is 18.6. The number of amides is 2. The number of quaternary nitrogens is 1. The van der Waals surface area contributed by atoms with E-state index < -0.39 is 16.8 Å². The van der Waals surface area contributed by atoms with Crippen LogP contribution in [0.3, 0.4) is 0 Å². The van der Waals surface area contributed by atoms with E-state index in [9.17, 15) is 25.0 Å². The Morgan fingerprint density at radius 3 is 2.57 bits per heavy atom. The molecule has 9 heteroatoms. The van der Waals surface area contributed by atoms with Crippen LogP contribution in [-0.2, 0) is 9.59 Å². The third-order valence-corrected chi connectivity index (χ3v) is 14.9. The summed E-state index contributed by atoms with van der Waals surface area (Å²) in [4.78, 5) is 31.1. The second-order valence-corrected chi connectivity index (χ2v) is 16.9. The van der Waals surface area contributed by atoms with Gasteiger partial charge in [0.25, 0.3) is 5.91 Å². The maximum absolute atomic E-state index is 14.6. The lowest BCUT2D eigenvalue weighted by Crippen LogP contribution is -2.69. The Labute approximate surface area is 279 Å². The normalized spacial score (nSPS) is 45.2. The monoisotopic (exact) mass is 646 g/mol. The van der Waals surface area contributed by atoms with Crippen LogP contribution >= 0.6 is 0 Å². The molecule has 47 heavy (non-hydrogen) atoms. The van der Waals surface area contributed by atoms with E-state index in [1.54, 1.807) is 11.1 Å². The summed E-state index contributed by atoms with van der Waals surface area (Å²) in [5.41, 5.74) is 1.66. The number of dihydropyridines is 1. The minimum atomic E-state index is -0.616. The number of hydroxylamine groups is 3.